The molecule has 0 aliphatic carbocycles. The zero-order valence-corrected chi connectivity index (χ0v) is 17.8. The van der Waals surface area contributed by atoms with Gasteiger partial charge in [-0.2, -0.15) is 5.10 Å². The number of nitrogens with one attached hydrogen (secondary N) is 2. The Labute approximate surface area is 181 Å². The van der Waals surface area contributed by atoms with Gasteiger partial charge in [0.25, 0.3) is 5.82 Å². The fourth-order valence-corrected chi connectivity index (χ4v) is 3.58. The molecule has 2 N–H and O–H groups in total. The zero-order valence-electron chi connectivity index (χ0n) is 17.8. The maximum Gasteiger partial charge on any atom is 0.288 e. The lowest BCUT2D eigenvalue weighted by Gasteiger charge is -2.20. The molecule has 0 radical (unpaired) electrons. The second-order valence-electron chi connectivity index (χ2n) is 7.64. The van der Waals surface area contributed by atoms with Gasteiger partial charge in [-0.3, -0.25) is 10.00 Å². The van der Waals surface area contributed by atoms with Crippen LogP contribution in [0, 0.1) is 6.57 Å². The molecule has 1 aromatic carbocycles. The first kappa shape index (κ1) is 20.6. The highest BCUT2D eigenvalue weighted by Gasteiger charge is 2.25. The van der Waals surface area contributed by atoms with Crippen molar-refractivity contribution in [2.24, 2.45) is 0 Å². The normalized spacial score (nSPS) is 16.3. The van der Waals surface area contributed by atoms with Gasteiger partial charge in [0.15, 0.2) is 17.8 Å². The van der Waals surface area contributed by atoms with Crippen LogP contribution in [0.5, 0.6) is 11.5 Å². The molecular weight excluding hydrogens is 394 g/mol. The second kappa shape index (κ2) is 9.02. The van der Waals surface area contributed by atoms with Crippen molar-refractivity contribution in [1.29, 1.82) is 0 Å². The number of hydrogen-bond acceptors (Lipinski definition) is 7. The van der Waals surface area contributed by atoms with Crippen LogP contribution in [-0.2, 0) is 0 Å². The van der Waals surface area contributed by atoms with Gasteiger partial charge in [-0.1, -0.05) is 6.57 Å². The molecule has 3 aromatic rings. The van der Waals surface area contributed by atoms with E-state index in [4.69, 9.17) is 16.0 Å². The molecule has 1 fully saturated rings. The summed E-state index contributed by atoms with van der Waals surface area (Å²) in [4.78, 5) is 13.8. The van der Waals surface area contributed by atoms with Gasteiger partial charge in [0, 0.05) is 36.8 Å². The number of benzene rings is 1. The van der Waals surface area contributed by atoms with Crippen LogP contribution in [0.15, 0.2) is 36.7 Å². The number of methoxy groups -OCH3 is 1. The van der Waals surface area contributed by atoms with Gasteiger partial charge < -0.3 is 19.6 Å². The molecule has 1 atom stereocenters. The molecule has 2 aromatic heterocycles. The first-order valence-electron chi connectivity index (χ1n) is 10.2. The Morgan fingerprint density at radius 3 is 2.77 bits per heavy atom. The number of nitrogens with zero attached hydrogens (tertiary/aromatic N) is 5. The molecule has 4 rings (SSSR count). The summed E-state index contributed by atoms with van der Waals surface area (Å²) in [6.45, 7) is 13.4. The van der Waals surface area contributed by atoms with E-state index in [-0.39, 0.29) is 11.9 Å². The second-order valence-corrected chi connectivity index (χ2v) is 7.64. The average Bonchev–Trinajstić information content (AvgIpc) is 3.44. The molecule has 0 saturated carbocycles. The molecule has 0 bridgehead atoms. The minimum absolute atomic E-state index is 0.191. The molecule has 1 saturated heterocycles. The monoisotopic (exact) mass is 419 g/mol. The Morgan fingerprint density at radius 1 is 1.23 bits per heavy atom. The third-order valence-corrected chi connectivity index (χ3v) is 5.26. The molecule has 3 heterocycles. The number of likely N-dealkylation sites (tertiary alicyclic amines) is 1. The van der Waals surface area contributed by atoms with Crippen LogP contribution in [0.25, 0.3) is 16.1 Å². The number of rotatable bonds is 7. The average molecular weight is 419 g/mol. The number of aromatic nitrogens is 4. The molecule has 31 heavy (non-hydrogen) atoms. The van der Waals surface area contributed by atoms with E-state index in [1.54, 1.807) is 7.11 Å². The van der Waals surface area contributed by atoms with Crippen LogP contribution in [0.4, 0.5) is 17.5 Å². The molecule has 0 unspecified atom stereocenters. The molecule has 9 heteroatoms. The molecule has 1 aliphatic rings. The highest BCUT2D eigenvalue weighted by atomic mass is 16.5. The lowest BCUT2D eigenvalue weighted by atomic mass is 10.1. The van der Waals surface area contributed by atoms with Gasteiger partial charge in [0.05, 0.1) is 19.0 Å². The Hall–Kier alpha value is -3.64. The number of H-pyrrole nitrogens is 1. The van der Waals surface area contributed by atoms with Crippen molar-refractivity contribution in [1.82, 2.24) is 25.1 Å². The predicted octanol–water partition coefficient (Wildman–Crippen LogP) is 4.03. The van der Waals surface area contributed by atoms with Crippen LogP contribution in [-0.4, -0.2) is 57.4 Å². The van der Waals surface area contributed by atoms with Gasteiger partial charge in [-0.05, 0) is 32.4 Å². The van der Waals surface area contributed by atoms with Crippen molar-refractivity contribution in [3.63, 3.8) is 0 Å². The molecule has 0 spiro atoms. The summed E-state index contributed by atoms with van der Waals surface area (Å²) in [7, 11) is 1.64. The van der Waals surface area contributed by atoms with Crippen LogP contribution >= 0.6 is 0 Å². The highest BCUT2D eigenvalue weighted by molar-refractivity contribution is 5.71. The van der Waals surface area contributed by atoms with Gasteiger partial charge in [-0.15, -0.1) is 4.98 Å². The van der Waals surface area contributed by atoms with E-state index in [9.17, 15) is 0 Å². The van der Waals surface area contributed by atoms with Crippen molar-refractivity contribution in [3.8, 4) is 22.8 Å². The fraction of sp³-hybridized carbons (Fsp3) is 0.364. The molecule has 0 amide bonds. The van der Waals surface area contributed by atoms with Gasteiger partial charge in [0.1, 0.15) is 17.6 Å². The Balaban J connectivity index is 1.46. The minimum atomic E-state index is 0.191. The van der Waals surface area contributed by atoms with Crippen molar-refractivity contribution in [3.05, 3.63) is 48.1 Å². The summed E-state index contributed by atoms with van der Waals surface area (Å²) < 4.78 is 11.8. The summed E-state index contributed by atoms with van der Waals surface area (Å²) in [6, 6.07) is 8.23. The fourth-order valence-electron chi connectivity index (χ4n) is 3.58. The Bertz CT molecular complexity index is 1070. The van der Waals surface area contributed by atoms with Crippen LogP contribution in [0.2, 0.25) is 0 Å². The number of hydrogen-bond donors (Lipinski definition) is 2. The van der Waals surface area contributed by atoms with E-state index in [0.717, 1.165) is 36.5 Å². The summed E-state index contributed by atoms with van der Waals surface area (Å²) in [5.41, 5.74) is 1.67. The number of anilines is 2. The van der Waals surface area contributed by atoms with Gasteiger partial charge in [-0.25, -0.2) is 4.98 Å². The third kappa shape index (κ3) is 4.75. The third-order valence-electron chi connectivity index (χ3n) is 5.26. The highest BCUT2D eigenvalue weighted by Crippen LogP contribution is 2.34. The van der Waals surface area contributed by atoms with E-state index in [1.807, 2.05) is 24.3 Å². The Kier molecular flexibility index (Phi) is 6.00. The summed E-state index contributed by atoms with van der Waals surface area (Å²) in [5, 5.41) is 10.4. The molecule has 160 valence electrons. The number of aromatic amines is 1. The summed E-state index contributed by atoms with van der Waals surface area (Å²) in [6.07, 6.45) is 4.13. The summed E-state index contributed by atoms with van der Waals surface area (Å²) in [5.74, 6) is 2.84. The van der Waals surface area contributed by atoms with Gasteiger partial charge >= 0.3 is 0 Å². The van der Waals surface area contributed by atoms with E-state index in [1.165, 1.54) is 12.4 Å². The zero-order chi connectivity index (χ0) is 21.8. The van der Waals surface area contributed by atoms with Crippen LogP contribution < -0.4 is 14.8 Å². The van der Waals surface area contributed by atoms with Crippen LogP contribution in [0.1, 0.15) is 20.3 Å². The van der Waals surface area contributed by atoms with Crippen molar-refractivity contribution >= 4 is 17.5 Å². The van der Waals surface area contributed by atoms with Gasteiger partial charge in [0.2, 0.25) is 0 Å². The van der Waals surface area contributed by atoms with Crippen molar-refractivity contribution in [2.45, 2.75) is 32.4 Å². The standard InChI is InChI=1S/C22H25N7O2/c1-14(2)29-8-7-16(13-29)31-15-5-6-17(19(9-15)30-4)18-10-20(28-27-18)26-22-12-24-21(23-3)11-25-22/h5-6,9-12,14,16H,7-8,13H2,1-2,4H3,(H2,25,26,27,28)/t16-/m1/s1. The molecule has 9 nitrogen and oxygen atoms in total. The molecule has 1 aliphatic heterocycles. The van der Waals surface area contributed by atoms with E-state index < -0.39 is 0 Å². The van der Waals surface area contributed by atoms with E-state index in [0.29, 0.717) is 23.4 Å². The maximum atomic E-state index is 6.94. The summed E-state index contributed by atoms with van der Waals surface area (Å²) >= 11 is 0. The van der Waals surface area contributed by atoms with E-state index >= 15 is 0 Å². The smallest absolute Gasteiger partial charge is 0.288 e. The Morgan fingerprint density at radius 2 is 2.10 bits per heavy atom. The lowest BCUT2D eigenvalue weighted by Crippen LogP contribution is -2.30. The first-order valence-corrected chi connectivity index (χ1v) is 10.2. The SMILES string of the molecule is [C-]#[N+]c1cnc(Nc2cc(-c3ccc(O[C@@H]4CCN(C(C)C)C4)cc3OC)[nH]n2)cn1. The van der Waals surface area contributed by atoms with E-state index in [2.05, 4.69) is 49.1 Å². The quantitative estimate of drug-likeness (QED) is 0.559. The molecular formula is C22H25N7O2. The minimum Gasteiger partial charge on any atom is -0.496 e. The van der Waals surface area contributed by atoms with Crippen LogP contribution in [0.3, 0.4) is 0 Å². The topological polar surface area (TPSA) is 92.6 Å². The maximum absolute atomic E-state index is 6.94. The number of ether oxygens (including phenoxy) is 2. The van der Waals surface area contributed by atoms with Crippen molar-refractivity contribution < 1.29 is 9.47 Å². The largest absolute Gasteiger partial charge is 0.496 e. The predicted molar refractivity (Wildman–Crippen MR) is 118 cm³/mol. The van der Waals surface area contributed by atoms with Crippen molar-refractivity contribution in [2.75, 3.05) is 25.5 Å². The lowest BCUT2D eigenvalue weighted by molar-refractivity contribution is 0.187. The first-order chi connectivity index (χ1) is 15.1.